The van der Waals surface area contributed by atoms with Crippen molar-refractivity contribution in [3.05, 3.63) is 29.8 Å². The van der Waals surface area contributed by atoms with Crippen LogP contribution < -0.4 is 10.1 Å². The first-order valence-electron chi connectivity index (χ1n) is 7.21. The first-order chi connectivity index (χ1) is 9.36. The summed E-state index contributed by atoms with van der Waals surface area (Å²) in [7, 11) is 0. The van der Waals surface area contributed by atoms with Crippen molar-refractivity contribution in [2.24, 2.45) is 0 Å². The Balaban J connectivity index is 2.07. The van der Waals surface area contributed by atoms with Gasteiger partial charge in [-0.25, -0.2) is 0 Å². The Bertz CT molecular complexity index is 458. The van der Waals surface area contributed by atoms with Gasteiger partial charge in [-0.3, -0.25) is 0 Å². The maximum Gasteiger partial charge on any atom is 0.122 e. The molecule has 1 aromatic rings. The van der Waals surface area contributed by atoms with Gasteiger partial charge < -0.3 is 10.1 Å². The van der Waals surface area contributed by atoms with Gasteiger partial charge in [0, 0.05) is 23.9 Å². The van der Waals surface area contributed by atoms with Crippen LogP contribution in [0.3, 0.4) is 0 Å². The standard InChI is InChI=1S/C17H23NO/c1-3-5-6-10-16(18-12-4-2)15-13-19-17-11-8-7-9-14(15)17/h7-9,11,15-16,18H,4,6,10,12-13H2,1-2H3. The molecule has 19 heavy (non-hydrogen) atoms. The zero-order valence-electron chi connectivity index (χ0n) is 11.9. The van der Waals surface area contributed by atoms with Crippen LogP contribution in [0.15, 0.2) is 24.3 Å². The van der Waals surface area contributed by atoms with Gasteiger partial charge in [-0.05, 0) is 32.4 Å². The van der Waals surface area contributed by atoms with E-state index in [0.29, 0.717) is 12.0 Å². The fourth-order valence-electron chi connectivity index (χ4n) is 2.65. The molecule has 0 spiro atoms. The van der Waals surface area contributed by atoms with Gasteiger partial charge in [-0.1, -0.05) is 25.1 Å². The molecular formula is C17H23NO. The molecule has 102 valence electrons. The molecule has 2 rings (SSSR count). The lowest BCUT2D eigenvalue weighted by atomic mass is 9.90. The lowest BCUT2D eigenvalue weighted by molar-refractivity contribution is 0.292. The average Bonchev–Trinajstić information content (AvgIpc) is 2.87. The summed E-state index contributed by atoms with van der Waals surface area (Å²) in [4.78, 5) is 0. The van der Waals surface area contributed by atoms with E-state index in [0.717, 1.165) is 38.2 Å². The van der Waals surface area contributed by atoms with Crippen LogP contribution in [-0.4, -0.2) is 19.2 Å². The molecule has 0 amide bonds. The molecule has 0 bridgehead atoms. The molecule has 1 aromatic carbocycles. The number of fused-ring (bicyclic) bond motifs is 1. The van der Waals surface area contributed by atoms with E-state index in [1.807, 2.05) is 13.0 Å². The van der Waals surface area contributed by atoms with Crippen molar-refractivity contribution in [1.29, 1.82) is 0 Å². The van der Waals surface area contributed by atoms with Gasteiger partial charge in [0.1, 0.15) is 5.75 Å². The molecule has 2 nitrogen and oxygen atoms in total. The van der Waals surface area contributed by atoms with E-state index in [2.05, 4.69) is 42.3 Å². The van der Waals surface area contributed by atoms with Crippen molar-refractivity contribution in [3.8, 4) is 17.6 Å². The van der Waals surface area contributed by atoms with E-state index in [9.17, 15) is 0 Å². The molecular weight excluding hydrogens is 234 g/mol. The van der Waals surface area contributed by atoms with Gasteiger partial charge in [-0.15, -0.1) is 11.8 Å². The van der Waals surface area contributed by atoms with Crippen LogP contribution in [0.2, 0.25) is 0 Å². The Morgan fingerprint density at radius 1 is 1.42 bits per heavy atom. The number of rotatable bonds is 6. The third kappa shape index (κ3) is 3.52. The highest BCUT2D eigenvalue weighted by molar-refractivity contribution is 5.40. The van der Waals surface area contributed by atoms with E-state index >= 15 is 0 Å². The Hall–Kier alpha value is -1.46. The van der Waals surface area contributed by atoms with Crippen molar-refractivity contribution in [2.45, 2.75) is 45.1 Å². The van der Waals surface area contributed by atoms with E-state index in [4.69, 9.17) is 4.74 Å². The summed E-state index contributed by atoms with van der Waals surface area (Å²) in [6.45, 7) is 5.96. The zero-order valence-corrected chi connectivity index (χ0v) is 11.9. The van der Waals surface area contributed by atoms with E-state index in [1.54, 1.807) is 0 Å². The second kappa shape index (κ2) is 7.21. The van der Waals surface area contributed by atoms with Crippen LogP contribution in [0.25, 0.3) is 0 Å². The van der Waals surface area contributed by atoms with Crippen molar-refractivity contribution in [1.82, 2.24) is 5.32 Å². The number of hydrogen-bond acceptors (Lipinski definition) is 2. The molecule has 2 heteroatoms. The number of nitrogens with one attached hydrogen (secondary N) is 1. The molecule has 1 aliphatic rings. The second-order valence-electron chi connectivity index (χ2n) is 4.98. The lowest BCUT2D eigenvalue weighted by Crippen LogP contribution is -2.36. The maximum absolute atomic E-state index is 5.80. The van der Waals surface area contributed by atoms with Gasteiger partial charge in [0.25, 0.3) is 0 Å². The summed E-state index contributed by atoms with van der Waals surface area (Å²) >= 11 is 0. The van der Waals surface area contributed by atoms with Crippen LogP contribution in [0, 0.1) is 11.8 Å². The summed E-state index contributed by atoms with van der Waals surface area (Å²) in [6.07, 6.45) is 3.20. The molecule has 0 aliphatic carbocycles. The van der Waals surface area contributed by atoms with Gasteiger partial charge in [0.05, 0.1) is 6.61 Å². The van der Waals surface area contributed by atoms with Crippen molar-refractivity contribution in [3.63, 3.8) is 0 Å². The molecule has 0 saturated carbocycles. The molecule has 0 saturated heterocycles. The van der Waals surface area contributed by atoms with Crippen LogP contribution in [0.4, 0.5) is 0 Å². The third-order valence-corrected chi connectivity index (χ3v) is 3.64. The minimum atomic E-state index is 0.460. The highest BCUT2D eigenvalue weighted by atomic mass is 16.5. The van der Waals surface area contributed by atoms with Gasteiger partial charge in [-0.2, -0.15) is 0 Å². The monoisotopic (exact) mass is 257 g/mol. The predicted molar refractivity (Wildman–Crippen MR) is 79.4 cm³/mol. The van der Waals surface area contributed by atoms with Gasteiger partial charge >= 0.3 is 0 Å². The van der Waals surface area contributed by atoms with Crippen LogP contribution in [0.5, 0.6) is 5.75 Å². The summed E-state index contributed by atoms with van der Waals surface area (Å²) in [5.41, 5.74) is 1.35. The second-order valence-corrected chi connectivity index (χ2v) is 4.98. The molecule has 1 N–H and O–H groups in total. The molecule has 0 fully saturated rings. The quantitative estimate of drug-likeness (QED) is 0.789. The largest absolute Gasteiger partial charge is 0.493 e. The first kappa shape index (κ1) is 14.0. The first-order valence-corrected chi connectivity index (χ1v) is 7.21. The minimum Gasteiger partial charge on any atom is -0.493 e. The summed E-state index contributed by atoms with van der Waals surface area (Å²) in [5.74, 6) is 7.66. The average molecular weight is 257 g/mol. The lowest BCUT2D eigenvalue weighted by Gasteiger charge is -2.23. The van der Waals surface area contributed by atoms with Crippen molar-refractivity contribution in [2.75, 3.05) is 13.2 Å². The highest BCUT2D eigenvalue weighted by Gasteiger charge is 2.30. The van der Waals surface area contributed by atoms with Crippen LogP contribution in [-0.2, 0) is 0 Å². The molecule has 2 atom stereocenters. The normalized spacial score (nSPS) is 18.1. The fourth-order valence-corrected chi connectivity index (χ4v) is 2.65. The van der Waals surface area contributed by atoms with Gasteiger partial charge in [0.2, 0.25) is 0 Å². The Morgan fingerprint density at radius 2 is 2.26 bits per heavy atom. The smallest absolute Gasteiger partial charge is 0.122 e. The fraction of sp³-hybridized carbons (Fsp3) is 0.529. The van der Waals surface area contributed by atoms with Crippen molar-refractivity contribution < 1.29 is 4.74 Å². The Labute approximate surface area is 116 Å². The molecule has 0 aromatic heterocycles. The number of ether oxygens (including phenoxy) is 1. The number of benzene rings is 1. The Morgan fingerprint density at radius 3 is 3.05 bits per heavy atom. The van der Waals surface area contributed by atoms with Crippen molar-refractivity contribution >= 4 is 0 Å². The van der Waals surface area contributed by atoms with Crippen LogP contribution in [0.1, 0.15) is 44.6 Å². The maximum atomic E-state index is 5.80. The zero-order chi connectivity index (χ0) is 13.5. The Kier molecular flexibility index (Phi) is 5.30. The molecule has 2 unspecified atom stereocenters. The number of para-hydroxylation sites is 1. The van der Waals surface area contributed by atoms with Crippen LogP contribution >= 0.6 is 0 Å². The van der Waals surface area contributed by atoms with Gasteiger partial charge in [0.15, 0.2) is 0 Å². The highest BCUT2D eigenvalue weighted by Crippen LogP contribution is 2.36. The SMILES string of the molecule is CC#CCCC(NCCC)C1COc2ccccc21. The topological polar surface area (TPSA) is 21.3 Å². The summed E-state index contributed by atoms with van der Waals surface area (Å²) in [6, 6.07) is 8.86. The third-order valence-electron chi connectivity index (χ3n) is 3.64. The summed E-state index contributed by atoms with van der Waals surface area (Å²) < 4.78 is 5.80. The molecule has 0 radical (unpaired) electrons. The molecule has 1 heterocycles. The minimum absolute atomic E-state index is 0.460. The van der Waals surface area contributed by atoms with E-state index < -0.39 is 0 Å². The molecule has 1 aliphatic heterocycles. The predicted octanol–water partition coefficient (Wildman–Crippen LogP) is 3.33. The van der Waals surface area contributed by atoms with E-state index in [1.165, 1.54) is 5.56 Å². The van der Waals surface area contributed by atoms with E-state index in [-0.39, 0.29) is 0 Å². The number of hydrogen-bond donors (Lipinski definition) is 1. The summed E-state index contributed by atoms with van der Waals surface area (Å²) in [5, 5.41) is 3.66.